The minimum absolute atomic E-state index is 0.662. The van der Waals surface area contributed by atoms with Crippen LogP contribution < -0.4 is 10.6 Å². The van der Waals surface area contributed by atoms with E-state index in [0.29, 0.717) is 6.04 Å². The largest absolute Gasteiger partial charge is 0.398 e. The Morgan fingerprint density at radius 2 is 2.05 bits per heavy atom. The fourth-order valence-corrected chi connectivity index (χ4v) is 3.47. The van der Waals surface area contributed by atoms with Gasteiger partial charge in [-0.2, -0.15) is 0 Å². The highest BCUT2D eigenvalue weighted by molar-refractivity contribution is 6.00. The van der Waals surface area contributed by atoms with E-state index in [0.717, 1.165) is 37.3 Å². The number of nitrogens with zero attached hydrogens (tertiary/aromatic N) is 3. The summed E-state index contributed by atoms with van der Waals surface area (Å²) in [4.78, 5) is 9.25. The van der Waals surface area contributed by atoms with Crippen LogP contribution in [0.15, 0.2) is 30.6 Å². The van der Waals surface area contributed by atoms with Crippen molar-refractivity contribution in [2.24, 2.45) is 0 Å². The van der Waals surface area contributed by atoms with Gasteiger partial charge in [-0.05, 0) is 37.7 Å². The zero-order chi connectivity index (χ0) is 14.8. The molecule has 0 amide bonds. The second kappa shape index (κ2) is 5.90. The van der Waals surface area contributed by atoms with Gasteiger partial charge in [0, 0.05) is 53.7 Å². The normalized spacial score (nSPS) is 18.8. The number of hydrogen-bond acceptors (Lipinski definition) is 4. The molecule has 1 aromatic heterocycles. The Morgan fingerprint density at radius 3 is 2.81 bits per heavy atom. The molecule has 1 aliphatic rings. The first-order chi connectivity index (χ1) is 10.2. The van der Waals surface area contributed by atoms with E-state index in [-0.39, 0.29) is 0 Å². The van der Waals surface area contributed by atoms with Crippen molar-refractivity contribution >= 4 is 22.1 Å². The van der Waals surface area contributed by atoms with Gasteiger partial charge in [0.1, 0.15) is 0 Å². The molecule has 1 atom stereocenters. The Bertz CT molecular complexity index is 621. The third-order valence-electron chi connectivity index (χ3n) is 4.66. The van der Waals surface area contributed by atoms with Crippen molar-refractivity contribution in [2.45, 2.75) is 26.3 Å². The number of nitrogen functional groups attached to an aromatic ring is 1. The zero-order valence-electron chi connectivity index (χ0n) is 12.9. The van der Waals surface area contributed by atoms with Crippen LogP contribution in [-0.4, -0.2) is 42.1 Å². The maximum Gasteiger partial charge on any atom is 0.0449 e. The van der Waals surface area contributed by atoms with Crippen molar-refractivity contribution in [3.8, 4) is 0 Å². The van der Waals surface area contributed by atoms with Crippen molar-refractivity contribution in [3.63, 3.8) is 0 Å². The van der Waals surface area contributed by atoms with Gasteiger partial charge in [-0.1, -0.05) is 13.8 Å². The van der Waals surface area contributed by atoms with Crippen LogP contribution in [0.2, 0.25) is 0 Å². The second-order valence-electron chi connectivity index (χ2n) is 5.70. The van der Waals surface area contributed by atoms with E-state index in [1.165, 1.54) is 17.5 Å². The van der Waals surface area contributed by atoms with Crippen molar-refractivity contribution in [1.29, 1.82) is 0 Å². The molecular weight excluding hydrogens is 260 g/mol. The first kappa shape index (κ1) is 14.1. The summed E-state index contributed by atoms with van der Waals surface area (Å²) in [6, 6.07) is 6.90. The Kier molecular flexibility index (Phi) is 3.97. The second-order valence-corrected chi connectivity index (χ2v) is 5.70. The van der Waals surface area contributed by atoms with Crippen LogP contribution in [0.3, 0.4) is 0 Å². The van der Waals surface area contributed by atoms with E-state index in [1.807, 2.05) is 18.5 Å². The van der Waals surface area contributed by atoms with Crippen molar-refractivity contribution in [3.05, 3.63) is 30.6 Å². The van der Waals surface area contributed by atoms with Gasteiger partial charge in [0.25, 0.3) is 0 Å². The van der Waals surface area contributed by atoms with Gasteiger partial charge in [0.15, 0.2) is 0 Å². The van der Waals surface area contributed by atoms with E-state index < -0.39 is 0 Å². The molecule has 1 aromatic carbocycles. The van der Waals surface area contributed by atoms with Gasteiger partial charge in [-0.3, -0.25) is 9.88 Å². The molecule has 1 unspecified atom stereocenters. The number of hydrogen-bond donors (Lipinski definition) is 1. The Labute approximate surface area is 126 Å². The average molecular weight is 284 g/mol. The molecule has 2 aromatic rings. The molecule has 4 heteroatoms. The summed E-state index contributed by atoms with van der Waals surface area (Å²) in [6.07, 6.45) is 4.95. The summed E-state index contributed by atoms with van der Waals surface area (Å²) in [5.74, 6) is 0. The van der Waals surface area contributed by atoms with Crippen LogP contribution in [0.4, 0.5) is 11.4 Å². The maximum atomic E-state index is 6.08. The predicted octanol–water partition coefficient (Wildman–Crippen LogP) is 2.74. The fraction of sp³-hybridized carbons (Fsp3) is 0.471. The Balaban J connectivity index is 1.91. The lowest BCUT2D eigenvalue weighted by molar-refractivity contribution is 0.232. The molecule has 1 fully saturated rings. The lowest BCUT2D eigenvalue weighted by atomic mass is 10.1. The quantitative estimate of drug-likeness (QED) is 0.877. The van der Waals surface area contributed by atoms with Crippen molar-refractivity contribution < 1.29 is 0 Å². The maximum absolute atomic E-state index is 6.08. The number of rotatable bonds is 4. The third-order valence-corrected chi connectivity index (χ3v) is 4.66. The predicted molar refractivity (Wildman–Crippen MR) is 89.7 cm³/mol. The summed E-state index contributed by atoms with van der Waals surface area (Å²) < 4.78 is 0. The molecule has 0 bridgehead atoms. The third kappa shape index (κ3) is 2.56. The van der Waals surface area contributed by atoms with Gasteiger partial charge < -0.3 is 10.6 Å². The summed E-state index contributed by atoms with van der Waals surface area (Å²) in [7, 11) is 0. The van der Waals surface area contributed by atoms with E-state index in [9.17, 15) is 0 Å². The van der Waals surface area contributed by atoms with Gasteiger partial charge in [-0.25, -0.2) is 0 Å². The molecule has 0 radical (unpaired) electrons. The minimum Gasteiger partial charge on any atom is -0.398 e. The molecule has 0 aliphatic carbocycles. The number of anilines is 2. The highest BCUT2D eigenvalue weighted by Crippen LogP contribution is 2.32. The number of likely N-dealkylation sites (N-methyl/N-ethyl adjacent to an activating group) is 1. The monoisotopic (exact) mass is 284 g/mol. The molecule has 0 spiro atoms. The molecular formula is C17H24N4. The smallest absolute Gasteiger partial charge is 0.0449 e. The fourth-order valence-electron chi connectivity index (χ4n) is 3.47. The first-order valence-electron chi connectivity index (χ1n) is 7.85. The number of fused-ring (bicyclic) bond motifs is 1. The van der Waals surface area contributed by atoms with Crippen LogP contribution >= 0.6 is 0 Å². The SMILES string of the molecule is CCN(CC)C1CCN(c2ccc(N)c3cnccc23)C1. The van der Waals surface area contributed by atoms with E-state index >= 15 is 0 Å². The van der Waals surface area contributed by atoms with Crippen LogP contribution in [-0.2, 0) is 0 Å². The molecule has 21 heavy (non-hydrogen) atoms. The van der Waals surface area contributed by atoms with E-state index in [4.69, 9.17) is 5.73 Å². The van der Waals surface area contributed by atoms with Crippen LogP contribution in [0.25, 0.3) is 10.8 Å². The van der Waals surface area contributed by atoms with E-state index in [2.05, 4.69) is 40.8 Å². The summed E-state index contributed by atoms with van der Waals surface area (Å²) >= 11 is 0. The van der Waals surface area contributed by atoms with Gasteiger partial charge in [-0.15, -0.1) is 0 Å². The highest BCUT2D eigenvalue weighted by Gasteiger charge is 2.27. The molecule has 2 heterocycles. The zero-order valence-corrected chi connectivity index (χ0v) is 12.9. The number of nitrogens with two attached hydrogens (primary N) is 1. The number of pyridine rings is 1. The standard InChI is InChI=1S/C17H24N4/c1-3-20(4-2)13-8-10-21(12-13)17-6-5-16(18)15-11-19-9-7-14(15)17/h5-7,9,11,13H,3-4,8,10,12,18H2,1-2H3. The molecule has 112 valence electrons. The van der Waals surface area contributed by atoms with Gasteiger partial charge in [0.05, 0.1) is 0 Å². The molecule has 0 saturated carbocycles. The molecule has 3 rings (SSSR count). The molecule has 4 nitrogen and oxygen atoms in total. The Morgan fingerprint density at radius 1 is 1.24 bits per heavy atom. The lowest BCUT2D eigenvalue weighted by Crippen LogP contribution is -2.37. The number of aromatic nitrogens is 1. The summed E-state index contributed by atoms with van der Waals surface area (Å²) in [5, 5.41) is 2.27. The average Bonchev–Trinajstić information content (AvgIpc) is 2.99. The molecule has 1 aliphatic heterocycles. The molecule has 2 N–H and O–H groups in total. The van der Waals surface area contributed by atoms with Crippen LogP contribution in [0, 0.1) is 0 Å². The topological polar surface area (TPSA) is 45.4 Å². The van der Waals surface area contributed by atoms with Crippen molar-refractivity contribution in [1.82, 2.24) is 9.88 Å². The lowest BCUT2D eigenvalue weighted by Gasteiger charge is -2.27. The van der Waals surface area contributed by atoms with Crippen LogP contribution in [0.1, 0.15) is 20.3 Å². The summed E-state index contributed by atoms with van der Waals surface area (Å²) in [6.45, 7) is 8.96. The van der Waals surface area contributed by atoms with Gasteiger partial charge >= 0.3 is 0 Å². The highest BCUT2D eigenvalue weighted by atomic mass is 15.2. The first-order valence-corrected chi connectivity index (χ1v) is 7.85. The minimum atomic E-state index is 0.662. The van der Waals surface area contributed by atoms with E-state index in [1.54, 1.807) is 0 Å². The Hall–Kier alpha value is -1.81. The number of benzene rings is 1. The molecule has 1 saturated heterocycles. The van der Waals surface area contributed by atoms with Crippen LogP contribution in [0.5, 0.6) is 0 Å². The van der Waals surface area contributed by atoms with Gasteiger partial charge in [0.2, 0.25) is 0 Å². The summed E-state index contributed by atoms with van der Waals surface area (Å²) in [5.41, 5.74) is 8.17. The van der Waals surface area contributed by atoms with Crippen molar-refractivity contribution in [2.75, 3.05) is 36.8 Å².